The third kappa shape index (κ3) is 4.92. The molecule has 0 saturated carbocycles. The van der Waals surface area contributed by atoms with E-state index in [1.165, 1.54) is 11.1 Å². The minimum Gasteiger partial charge on any atom is -0.496 e. The lowest BCUT2D eigenvalue weighted by atomic mass is 10.00. The van der Waals surface area contributed by atoms with Crippen LogP contribution in [0.25, 0.3) is 0 Å². The van der Waals surface area contributed by atoms with E-state index in [1.54, 1.807) is 7.11 Å². The zero-order valence-corrected chi connectivity index (χ0v) is 12.4. The van der Waals surface area contributed by atoms with E-state index in [2.05, 4.69) is 44.0 Å². The standard InChI is InChI=1S/C16H24N2O/c1-13(2)14-7-8-16(19-4)15(11-14)12-18(3)10-6-5-9-17/h7-8,11,13H,5-6,10,12H2,1-4H3. The van der Waals surface area contributed by atoms with Crippen LogP contribution in [0.4, 0.5) is 0 Å². The summed E-state index contributed by atoms with van der Waals surface area (Å²) in [4.78, 5) is 2.24. The highest BCUT2D eigenvalue weighted by atomic mass is 16.5. The third-order valence-corrected chi connectivity index (χ3v) is 3.24. The van der Waals surface area contributed by atoms with Gasteiger partial charge in [0.2, 0.25) is 0 Å². The molecule has 19 heavy (non-hydrogen) atoms. The Kier molecular flexibility index (Phi) is 6.38. The minimum atomic E-state index is 0.522. The summed E-state index contributed by atoms with van der Waals surface area (Å²) in [5, 5.41) is 8.56. The van der Waals surface area contributed by atoms with Gasteiger partial charge in [-0.05, 0) is 37.6 Å². The van der Waals surface area contributed by atoms with Crippen molar-refractivity contribution in [3.63, 3.8) is 0 Å². The van der Waals surface area contributed by atoms with Crippen LogP contribution in [0.15, 0.2) is 18.2 Å². The monoisotopic (exact) mass is 260 g/mol. The summed E-state index contributed by atoms with van der Waals surface area (Å²) < 4.78 is 5.43. The highest BCUT2D eigenvalue weighted by Crippen LogP contribution is 2.25. The van der Waals surface area contributed by atoms with Gasteiger partial charge in [-0.1, -0.05) is 26.0 Å². The number of methoxy groups -OCH3 is 1. The van der Waals surface area contributed by atoms with Gasteiger partial charge >= 0.3 is 0 Å². The molecule has 0 aliphatic heterocycles. The summed E-state index contributed by atoms with van der Waals surface area (Å²) in [6.07, 6.45) is 1.53. The van der Waals surface area contributed by atoms with Crippen LogP contribution in [0, 0.1) is 11.3 Å². The van der Waals surface area contributed by atoms with Crippen molar-refractivity contribution in [1.82, 2.24) is 4.90 Å². The Labute approximate surface area is 116 Å². The van der Waals surface area contributed by atoms with Crippen LogP contribution in [-0.2, 0) is 6.54 Å². The van der Waals surface area contributed by atoms with Crippen LogP contribution < -0.4 is 4.74 Å². The third-order valence-electron chi connectivity index (χ3n) is 3.24. The first-order chi connectivity index (χ1) is 9.08. The van der Waals surface area contributed by atoms with Gasteiger partial charge in [-0.15, -0.1) is 0 Å². The zero-order chi connectivity index (χ0) is 14.3. The molecule has 3 nitrogen and oxygen atoms in total. The van der Waals surface area contributed by atoms with Crippen molar-refractivity contribution in [2.75, 3.05) is 20.7 Å². The molecule has 0 amide bonds. The summed E-state index contributed by atoms with van der Waals surface area (Å²) in [5.41, 5.74) is 2.55. The molecule has 1 rings (SSSR count). The van der Waals surface area contributed by atoms with Crippen molar-refractivity contribution in [3.8, 4) is 11.8 Å². The molecule has 0 N–H and O–H groups in total. The highest BCUT2D eigenvalue weighted by Gasteiger charge is 2.09. The molecule has 0 aliphatic rings. The van der Waals surface area contributed by atoms with E-state index in [0.717, 1.165) is 25.3 Å². The topological polar surface area (TPSA) is 36.3 Å². The van der Waals surface area contributed by atoms with E-state index in [4.69, 9.17) is 10.00 Å². The maximum Gasteiger partial charge on any atom is 0.123 e. The van der Waals surface area contributed by atoms with E-state index in [-0.39, 0.29) is 0 Å². The SMILES string of the molecule is COc1ccc(C(C)C)cc1CN(C)CCCC#N. The van der Waals surface area contributed by atoms with Gasteiger partial charge in [-0.25, -0.2) is 0 Å². The summed E-state index contributed by atoms with van der Waals surface area (Å²) in [5.74, 6) is 1.46. The number of hydrogen-bond acceptors (Lipinski definition) is 3. The lowest BCUT2D eigenvalue weighted by molar-refractivity contribution is 0.314. The fourth-order valence-electron chi connectivity index (χ4n) is 2.08. The van der Waals surface area contributed by atoms with Gasteiger partial charge in [-0.3, -0.25) is 0 Å². The molecule has 1 aromatic rings. The Balaban J connectivity index is 2.74. The Bertz CT molecular complexity index is 435. The molecular formula is C16H24N2O. The number of ether oxygens (including phenoxy) is 1. The Hall–Kier alpha value is -1.53. The number of hydrogen-bond donors (Lipinski definition) is 0. The zero-order valence-electron chi connectivity index (χ0n) is 12.4. The minimum absolute atomic E-state index is 0.522. The van der Waals surface area contributed by atoms with Gasteiger partial charge in [0.25, 0.3) is 0 Å². The summed E-state index contributed by atoms with van der Waals surface area (Å²) in [6, 6.07) is 8.59. The van der Waals surface area contributed by atoms with Gasteiger partial charge in [-0.2, -0.15) is 5.26 Å². The van der Waals surface area contributed by atoms with Crippen molar-refractivity contribution < 1.29 is 4.74 Å². The number of rotatable bonds is 7. The van der Waals surface area contributed by atoms with Crippen LogP contribution in [0.1, 0.15) is 43.7 Å². The molecule has 3 heteroatoms. The molecule has 0 aliphatic carbocycles. The average molecular weight is 260 g/mol. The normalized spacial score (nSPS) is 10.8. The second-order valence-electron chi connectivity index (χ2n) is 5.23. The predicted molar refractivity (Wildman–Crippen MR) is 78.3 cm³/mol. The van der Waals surface area contributed by atoms with Crippen molar-refractivity contribution in [3.05, 3.63) is 29.3 Å². The summed E-state index contributed by atoms with van der Waals surface area (Å²) in [7, 11) is 3.79. The molecular weight excluding hydrogens is 236 g/mol. The van der Waals surface area contributed by atoms with Crippen molar-refractivity contribution >= 4 is 0 Å². The lowest BCUT2D eigenvalue weighted by Crippen LogP contribution is -2.19. The fourth-order valence-corrected chi connectivity index (χ4v) is 2.08. The molecule has 0 radical (unpaired) electrons. The number of nitriles is 1. The van der Waals surface area contributed by atoms with Gasteiger partial charge in [0.1, 0.15) is 5.75 Å². The largest absolute Gasteiger partial charge is 0.496 e. The number of benzene rings is 1. The first-order valence-electron chi connectivity index (χ1n) is 6.80. The predicted octanol–water partition coefficient (Wildman–Crippen LogP) is 3.55. The Morgan fingerprint density at radius 1 is 1.37 bits per heavy atom. The second-order valence-corrected chi connectivity index (χ2v) is 5.23. The van der Waals surface area contributed by atoms with Crippen molar-refractivity contribution in [1.29, 1.82) is 5.26 Å². The maximum atomic E-state index is 8.56. The van der Waals surface area contributed by atoms with E-state index in [0.29, 0.717) is 12.3 Å². The molecule has 0 spiro atoms. The Morgan fingerprint density at radius 2 is 2.11 bits per heavy atom. The summed E-state index contributed by atoms with van der Waals surface area (Å²) >= 11 is 0. The molecule has 0 fully saturated rings. The molecule has 0 atom stereocenters. The summed E-state index contributed by atoms with van der Waals surface area (Å²) in [6.45, 7) is 6.18. The Morgan fingerprint density at radius 3 is 2.68 bits per heavy atom. The first-order valence-corrected chi connectivity index (χ1v) is 6.80. The van der Waals surface area contributed by atoms with Crippen LogP contribution in [0.5, 0.6) is 5.75 Å². The molecule has 0 bridgehead atoms. The lowest BCUT2D eigenvalue weighted by Gasteiger charge is -2.19. The van der Waals surface area contributed by atoms with E-state index in [1.807, 2.05) is 6.07 Å². The quantitative estimate of drug-likeness (QED) is 0.703. The molecule has 0 saturated heterocycles. The van der Waals surface area contributed by atoms with E-state index < -0.39 is 0 Å². The van der Waals surface area contributed by atoms with Crippen LogP contribution in [0.2, 0.25) is 0 Å². The number of nitrogens with zero attached hydrogens (tertiary/aromatic N) is 2. The van der Waals surface area contributed by atoms with Crippen LogP contribution >= 0.6 is 0 Å². The molecule has 1 aromatic carbocycles. The van der Waals surface area contributed by atoms with E-state index >= 15 is 0 Å². The highest BCUT2D eigenvalue weighted by molar-refractivity contribution is 5.38. The first kappa shape index (κ1) is 15.5. The van der Waals surface area contributed by atoms with Crippen molar-refractivity contribution in [2.24, 2.45) is 0 Å². The van der Waals surface area contributed by atoms with Crippen LogP contribution in [0.3, 0.4) is 0 Å². The maximum absolute atomic E-state index is 8.56. The molecule has 0 heterocycles. The fraction of sp³-hybridized carbons (Fsp3) is 0.562. The van der Waals surface area contributed by atoms with Gasteiger partial charge in [0.15, 0.2) is 0 Å². The second kappa shape index (κ2) is 7.81. The van der Waals surface area contributed by atoms with Gasteiger partial charge in [0, 0.05) is 18.5 Å². The van der Waals surface area contributed by atoms with Crippen LogP contribution in [-0.4, -0.2) is 25.6 Å². The molecule has 0 aromatic heterocycles. The number of unbranched alkanes of at least 4 members (excludes halogenated alkanes) is 1. The van der Waals surface area contributed by atoms with E-state index in [9.17, 15) is 0 Å². The van der Waals surface area contributed by atoms with Crippen molar-refractivity contribution in [2.45, 2.75) is 39.2 Å². The average Bonchev–Trinajstić information content (AvgIpc) is 2.38. The van der Waals surface area contributed by atoms with Gasteiger partial charge in [0.05, 0.1) is 13.2 Å². The molecule has 104 valence electrons. The smallest absolute Gasteiger partial charge is 0.123 e. The molecule has 0 unspecified atom stereocenters. The van der Waals surface area contributed by atoms with Gasteiger partial charge < -0.3 is 9.64 Å².